The number of nitrogens with two attached hydrogens (primary N) is 1. The molecule has 0 saturated heterocycles. The molecule has 122 valence electrons. The van der Waals surface area contributed by atoms with E-state index in [-0.39, 0.29) is 23.7 Å². The summed E-state index contributed by atoms with van der Waals surface area (Å²) in [6, 6.07) is 5.17. The number of halogens is 2. The number of carbonyl (C=O) groups excluding carboxylic acids is 1. The third kappa shape index (κ3) is 4.60. The van der Waals surface area contributed by atoms with Crippen LogP contribution >= 0.6 is 35.0 Å². The van der Waals surface area contributed by atoms with Crippen molar-refractivity contribution in [2.24, 2.45) is 0 Å². The van der Waals surface area contributed by atoms with Gasteiger partial charge >= 0.3 is 0 Å². The number of nitrogen functional groups attached to an aromatic ring is 1. The molecule has 1 heterocycles. The van der Waals surface area contributed by atoms with Gasteiger partial charge in [0.25, 0.3) is 5.56 Å². The monoisotopic (exact) mass is 373 g/mol. The van der Waals surface area contributed by atoms with Crippen LogP contribution < -0.4 is 16.5 Å². The molecule has 10 heteroatoms. The number of aliphatic carboxylic acids is 1. The van der Waals surface area contributed by atoms with E-state index >= 15 is 0 Å². The van der Waals surface area contributed by atoms with Crippen LogP contribution in [0.5, 0.6) is 0 Å². The zero-order valence-corrected chi connectivity index (χ0v) is 14.0. The van der Waals surface area contributed by atoms with E-state index in [1.807, 2.05) is 0 Å². The van der Waals surface area contributed by atoms with Crippen molar-refractivity contribution in [3.63, 3.8) is 0 Å². The molecule has 0 saturated carbocycles. The summed E-state index contributed by atoms with van der Waals surface area (Å²) >= 11 is 13.0. The van der Waals surface area contributed by atoms with E-state index in [9.17, 15) is 14.7 Å². The predicted octanol–water partition coefficient (Wildman–Crippen LogP) is 0.634. The van der Waals surface area contributed by atoms with Crippen molar-refractivity contribution < 1.29 is 9.90 Å². The zero-order valence-electron chi connectivity index (χ0n) is 11.7. The predicted molar refractivity (Wildman–Crippen MR) is 85.8 cm³/mol. The maximum absolute atomic E-state index is 12.0. The normalized spacial score (nSPS) is 10.7. The van der Waals surface area contributed by atoms with E-state index < -0.39 is 11.5 Å². The number of carbonyl (C=O) groups is 1. The molecule has 0 aliphatic carbocycles. The van der Waals surface area contributed by atoms with Gasteiger partial charge in [0.2, 0.25) is 5.16 Å². The highest BCUT2D eigenvalue weighted by Crippen LogP contribution is 2.26. The van der Waals surface area contributed by atoms with Crippen LogP contribution in [0, 0.1) is 0 Å². The van der Waals surface area contributed by atoms with Crippen molar-refractivity contribution in [1.82, 2.24) is 14.9 Å². The molecule has 0 bridgehead atoms. The van der Waals surface area contributed by atoms with Gasteiger partial charge in [-0.2, -0.15) is 4.68 Å². The molecule has 0 atom stereocenters. The van der Waals surface area contributed by atoms with Gasteiger partial charge < -0.3 is 15.7 Å². The topological polar surface area (TPSA) is 114 Å². The molecule has 0 spiro atoms. The van der Waals surface area contributed by atoms with Crippen LogP contribution in [0.1, 0.15) is 17.7 Å². The number of nitrogens with zero attached hydrogens (tertiary/aromatic N) is 3. The third-order valence-corrected chi connectivity index (χ3v) is 4.60. The van der Waals surface area contributed by atoms with Crippen molar-refractivity contribution in [2.75, 3.05) is 5.84 Å². The standard InChI is InChI=1S/C13H12Cl2N4O3S/c14-8-2-1-7(5-9(8)15)6-23-13-18-17-10(3-4-11(20)21)12(22)19(13)16/h1-2,5H,3-4,6,16H2,(H,20,21)/p-1. The number of hydrogen-bond acceptors (Lipinski definition) is 7. The molecule has 2 rings (SSSR count). The first-order valence-corrected chi connectivity index (χ1v) is 8.13. The molecule has 1 aromatic heterocycles. The molecule has 0 radical (unpaired) electrons. The lowest BCUT2D eigenvalue weighted by molar-refractivity contribution is -0.305. The van der Waals surface area contributed by atoms with Gasteiger partial charge in [-0.1, -0.05) is 41.0 Å². The number of benzene rings is 1. The second-order valence-corrected chi connectivity index (χ2v) is 6.27. The summed E-state index contributed by atoms with van der Waals surface area (Å²) in [7, 11) is 0. The molecule has 1 aromatic carbocycles. The lowest BCUT2D eigenvalue weighted by Gasteiger charge is -2.08. The van der Waals surface area contributed by atoms with Crippen LogP contribution in [0.25, 0.3) is 0 Å². The molecule has 0 amide bonds. The Bertz CT molecular complexity index is 797. The maximum atomic E-state index is 12.0. The third-order valence-electron chi connectivity index (χ3n) is 2.85. The summed E-state index contributed by atoms with van der Waals surface area (Å²) in [4.78, 5) is 22.4. The first kappa shape index (κ1) is 17.6. The number of carboxylic acids is 1. The summed E-state index contributed by atoms with van der Waals surface area (Å²) in [6.45, 7) is 0. The van der Waals surface area contributed by atoms with Crippen LogP contribution in [0.3, 0.4) is 0 Å². The molecule has 0 aliphatic rings. The minimum absolute atomic E-state index is 0.0180. The molecule has 0 aliphatic heterocycles. The summed E-state index contributed by atoms with van der Waals surface area (Å²) in [5, 5.41) is 19.1. The number of hydrogen-bond donors (Lipinski definition) is 1. The van der Waals surface area contributed by atoms with Crippen LogP contribution in [-0.2, 0) is 17.0 Å². The van der Waals surface area contributed by atoms with E-state index in [1.54, 1.807) is 18.2 Å². The van der Waals surface area contributed by atoms with Gasteiger partial charge in [-0.3, -0.25) is 4.79 Å². The fourth-order valence-corrected chi connectivity index (χ4v) is 2.79. The SMILES string of the molecule is Nn1c(SCc2ccc(Cl)c(Cl)c2)nnc(CCC(=O)[O-])c1=O. The van der Waals surface area contributed by atoms with E-state index in [1.165, 1.54) is 11.8 Å². The van der Waals surface area contributed by atoms with Crippen LogP contribution in [0.4, 0.5) is 0 Å². The average molecular weight is 374 g/mol. The van der Waals surface area contributed by atoms with Crippen molar-refractivity contribution in [3.05, 3.63) is 49.9 Å². The van der Waals surface area contributed by atoms with Crippen LogP contribution in [-0.4, -0.2) is 20.8 Å². The Balaban J connectivity index is 2.11. The van der Waals surface area contributed by atoms with Crippen molar-refractivity contribution in [1.29, 1.82) is 0 Å². The highest BCUT2D eigenvalue weighted by molar-refractivity contribution is 7.98. The minimum atomic E-state index is -1.27. The first-order valence-electron chi connectivity index (χ1n) is 6.38. The number of thioether (sulfide) groups is 1. The lowest BCUT2D eigenvalue weighted by Crippen LogP contribution is -2.34. The molecular formula is C13H11Cl2N4O3S-. The molecule has 0 fully saturated rings. The highest BCUT2D eigenvalue weighted by Gasteiger charge is 2.11. The molecule has 2 aromatic rings. The fraction of sp³-hybridized carbons (Fsp3) is 0.231. The lowest BCUT2D eigenvalue weighted by atomic mass is 10.2. The fourth-order valence-electron chi connectivity index (χ4n) is 1.67. The Kier molecular flexibility index (Phi) is 5.86. The highest BCUT2D eigenvalue weighted by atomic mass is 35.5. The minimum Gasteiger partial charge on any atom is -0.550 e. The van der Waals surface area contributed by atoms with Crippen molar-refractivity contribution in [2.45, 2.75) is 23.8 Å². The van der Waals surface area contributed by atoms with E-state index in [4.69, 9.17) is 29.0 Å². The van der Waals surface area contributed by atoms with E-state index in [0.29, 0.717) is 15.8 Å². The second kappa shape index (κ2) is 7.67. The number of aromatic nitrogens is 3. The molecule has 7 nitrogen and oxygen atoms in total. The van der Waals surface area contributed by atoms with Gasteiger partial charge in [0, 0.05) is 18.1 Å². The van der Waals surface area contributed by atoms with Crippen molar-refractivity contribution >= 4 is 40.9 Å². The van der Waals surface area contributed by atoms with Gasteiger partial charge in [-0.15, -0.1) is 10.2 Å². The summed E-state index contributed by atoms with van der Waals surface area (Å²) in [5.74, 6) is 4.87. The molecular weight excluding hydrogens is 363 g/mol. The van der Waals surface area contributed by atoms with Gasteiger partial charge in [0.05, 0.1) is 10.0 Å². The molecule has 2 N–H and O–H groups in total. The maximum Gasteiger partial charge on any atom is 0.294 e. The largest absolute Gasteiger partial charge is 0.550 e. The van der Waals surface area contributed by atoms with E-state index in [2.05, 4.69) is 10.2 Å². The first-order chi connectivity index (χ1) is 10.9. The number of rotatable bonds is 6. The van der Waals surface area contributed by atoms with Gasteiger partial charge in [-0.25, -0.2) is 0 Å². The Morgan fingerprint density at radius 1 is 1.30 bits per heavy atom. The smallest absolute Gasteiger partial charge is 0.294 e. The van der Waals surface area contributed by atoms with Crippen molar-refractivity contribution in [3.8, 4) is 0 Å². The van der Waals surface area contributed by atoms with Gasteiger partial charge in [0.15, 0.2) is 0 Å². The average Bonchev–Trinajstić information content (AvgIpc) is 2.51. The number of carboxylic acid groups (broad SMARTS) is 1. The summed E-state index contributed by atoms with van der Waals surface area (Å²) in [5.41, 5.74) is 0.271. The second-order valence-electron chi connectivity index (χ2n) is 4.51. The van der Waals surface area contributed by atoms with Gasteiger partial charge in [0.1, 0.15) is 5.69 Å². The Morgan fingerprint density at radius 3 is 2.70 bits per heavy atom. The Labute approximate surface area is 145 Å². The summed E-state index contributed by atoms with van der Waals surface area (Å²) in [6.07, 6.45) is -0.400. The van der Waals surface area contributed by atoms with Crippen LogP contribution in [0.15, 0.2) is 28.2 Å². The summed E-state index contributed by atoms with van der Waals surface area (Å²) < 4.78 is 0.847. The van der Waals surface area contributed by atoms with E-state index in [0.717, 1.165) is 10.2 Å². The van der Waals surface area contributed by atoms with Crippen LogP contribution in [0.2, 0.25) is 10.0 Å². The molecule has 0 unspecified atom stereocenters. The number of aryl methyl sites for hydroxylation is 1. The molecule has 23 heavy (non-hydrogen) atoms. The Hall–Kier alpha value is -1.77. The Morgan fingerprint density at radius 2 is 2.04 bits per heavy atom. The zero-order chi connectivity index (χ0) is 17.0. The van der Waals surface area contributed by atoms with Gasteiger partial charge in [-0.05, 0) is 24.1 Å². The quantitative estimate of drug-likeness (QED) is 0.583.